The maximum atomic E-state index is 13.4. The number of hydrogen-bond donors (Lipinski definition) is 3. The highest BCUT2D eigenvalue weighted by molar-refractivity contribution is 6.02. The van der Waals surface area contributed by atoms with Gasteiger partial charge < -0.3 is 20.9 Å². The molecular formula is C14H18FN3O2. The van der Waals surface area contributed by atoms with E-state index in [-0.39, 0.29) is 17.9 Å². The van der Waals surface area contributed by atoms with E-state index < -0.39 is 5.82 Å². The van der Waals surface area contributed by atoms with Gasteiger partial charge in [-0.05, 0) is 37.0 Å². The number of amidine groups is 1. The van der Waals surface area contributed by atoms with Crippen molar-refractivity contribution < 1.29 is 14.7 Å². The molecule has 6 heteroatoms. The molecule has 1 aromatic rings. The Morgan fingerprint density at radius 3 is 2.85 bits per heavy atom. The molecule has 5 nitrogen and oxygen atoms in total. The lowest BCUT2D eigenvalue weighted by Crippen LogP contribution is -2.27. The average Bonchev–Trinajstić information content (AvgIpc) is 3.00. The minimum atomic E-state index is -0.422. The first-order valence-corrected chi connectivity index (χ1v) is 6.80. The molecule has 1 heterocycles. The van der Waals surface area contributed by atoms with Crippen LogP contribution in [0.25, 0.3) is 0 Å². The molecule has 1 saturated heterocycles. The van der Waals surface area contributed by atoms with Gasteiger partial charge in [-0.25, -0.2) is 4.39 Å². The van der Waals surface area contributed by atoms with E-state index in [0.29, 0.717) is 11.5 Å². The van der Waals surface area contributed by atoms with Gasteiger partial charge in [-0.1, -0.05) is 5.16 Å². The summed E-state index contributed by atoms with van der Waals surface area (Å²) in [5.41, 5.74) is 6.78. The van der Waals surface area contributed by atoms with Crippen molar-refractivity contribution in [3.05, 3.63) is 29.6 Å². The van der Waals surface area contributed by atoms with E-state index in [1.165, 1.54) is 12.1 Å². The normalized spacial score (nSPS) is 29.8. The Labute approximate surface area is 116 Å². The molecule has 0 amide bonds. The van der Waals surface area contributed by atoms with Gasteiger partial charge in [0.05, 0.1) is 6.10 Å². The first-order valence-electron chi connectivity index (χ1n) is 6.80. The van der Waals surface area contributed by atoms with Crippen molar-refractivity contribution in [1.82, 2.24) is 0 Å². The molecule has 2 aliphatic rings. The first-order chi connectivity index (χ1) is 9.60. The second-order valence-electron chi connectivity index (χ2n) is 5.62. The summed E-state index contributed by atoms with van der Waals surface area (Å²) < 4.78 is 13.4. The van der Waals surface area contributed by atoms with Crippen molar-refractivity contribution in [1.29, 1.82) is 0 Å². The molecule has 0 aromatic heterocycles. The fraction of sp³-hybridized carbons (Fsp3) is 0.500. The number of rotatable bonds is 2. The van der Waals surface area contributed by atoms with Crippen LogP contribution in [0.2, 0.25) is 0 Å². The zero-order valence-electron chi connectivity index (χ0n) is 11.0. The number of anilines is 1. The van der Waals surface area contributed by atoms with Crippen LogP contribution in [0.3, 0.4) is 0 Å². The lowest BCUT2D eigenvalue weighted by atomic mass is 10.00. The molecule has 0 bridgehead atoms. The van der Waals surface area contributed by atoms with Crippen LogP contribution in [0, 0.1) is 17.7 Å². The summed E-state index contributed by atoms with van der Waals surface area (Å²) in [5, 5.41) is 21.8. The largest absolute Gasteiger partial charge is 0.409 e. The number of oxime groups is 1. The number of fused-ring (bicyclic) bond motifs is 1. The molecule has 1 aromatic carbocycles. The number of aliphatic hydroxyl groups excluding tert-OH is 1. The topological polar surface area (TPSA) is 82.1 Å². The summed E-state index contributed by atoms with van der Waals surface area (Å²) in [4.78, 5) is 2.09. The third-order valence-corrected chi connectivity index (χ3v) is 4.50. The van der Waals surface area contributed by atoms with Gasteiger partial charge in [-0.2, -0.15) is 0 Å². The number of benzene rings is 1. The molecule has 3 rings (SSSR count). The van der Waals surface area contributed by atoms with Crippen LogP contribution in [-0.2, 0) is 0 Å². The van der Waals surface area contributed by atoms with E-state index in [2.05, 4.69) is 10.1 Å². The minimum absolute atomic E-state index is 0.0999. The average molecular weight is 279 g/mol. The maximum Gasteiger partial charge on any atom is 0.172 e. The molecule has 3 unspecified atom stereocenters. The Balaban J connectivity index is 1.92. The number of hydrogen-bond acceptors (Lipinski definition) is 4. The van der Waals surface area contributed by atoms with E-state index in [1.807, 2.05) is 0 Å². The van der Waals surface area contributed by atoms with Gasteiger partial charge in [-0.15, -0.1) is 0 Å². The van der Waals surface area contributed by atoms with Gasteiger partial charge in [0.1, 0.15) is 5.82 Å². The molecule has 0 radical (unpaired) electrons. The summed E-state index contributed by atoms with van der Waals surface area (Å²) in [6.45, 7) is 1.54. The van der Waals surface area contributed by atoms with E-state index in [1.54, 1.807) is 6.07 Å². The highest BCUT2D eigenvalue weighted by atomic mass is 19.1. The molecular weight excluding hydrogens is 261 g/mol. The lowest BCUT2D eigenvalue weighted by Gasteiger charge is -2.23. The van der Waals surface area contributed by atoms with E-state index in [0.717, 1.165) is 31.6 Å². The second-order valence-corrected chi connectivity index (χ2v) is 5.62. The van der Waals surface area contributed by atoms with Gasteiger partial charge in [0.2, 0.25) is 0 Å². The molecule has 4 N–H and O–H groups in total. The fourth-order valence-corrected chi connectivity index (χ4v) is 3.48. The van der Waals surface area contributed by atoms with Crippen LogP contribution in [0.1, 0.15) is 18.4 Å². The summed E-state index contributed by atoms with van der Waals surface area (Å²) in [6, 6.07) is 4.29. The van der Waals surface area contributed by atoms with Crippen molar-refractivity contribution in [2.24, 2.45) is 22.7 Å². The third kappa shape index (κ3) is 2.10. The van der Waals surface area contributed by atoms with Gasteiger partial charge >= 0.3 is 0 Å². The molecule has 1 aliphatic carbocycles. The maximum absolute atomic E-state index is 13.4. The standard InChI is InChI=1S/C14H18FN3O2/c15-9-2-3-12(10(5-9)14(16)17-20)18-6-8-1-4-13(19)11(8)7-18/h2-3,5,8,11,13,19-20H,1,4,6-7H2,(H2,16,17). The fourth-order valence-electron chi connectivity index (χ4n) is 3.48. The Kier molecular flexibility index (Phi) is 3.25. The molecule has 1 saturated carbocycles. The van der Waals surface area contributed by atoms with E-state index in [9.17, 15) is 9.50 Å². The zero-order chi connectivity index (χ0) is 14.3. The molecule has 3 atom stereocenters. The van der Waals surface area contributed by atoms with Crippen molar-refractivity contribution in [2.45, 2.75) is 18.9 Å². The highest BCUT2D eigenvalue weighted by Crippen LogP contribution is 2.40. The SMILES string of the molecule is N/C(=N/O)c1cc(F)ccc1N1CC2CCC(O)C2C1. The number of halogens is 1. The van der Waals surface area contributed by atoms with Crippen molar-refractivity contribution >= 4 is 11.5 Å². The van der Waals surface area contributed by atoms with Gasteiger partial charge in [0, 0.05) is 30.3 Å². The Morgan fingerprint density at radius 1 is 1.35 bits per heavy atom. The smallest absolute Gasteiger partial charge is 0.172 e. The Morgan fingerprint density at radius 2 is 2.15 bits per heavy atom. The van der Waals surface area contributed by atoms with Crippen molar-refractivity contribution in [2.75, 3.05) is 18.0 Å². The summed E-state index contributed by atoms with van der Waals surface area (Å²) >= 11 is 0. The molecule has 2 fully saturated rings. The van der Waals surface area contributed by atoms with E-state index in [4.69, 9.17) is 10.9 Å². The Bertz CT molecular complexity index is 549. The van der Waals surface area contributed by atoms with Crippen LogP contribution in [-0.4, -0.2) is 35.3 Å². The van der Waals surface area contributed by atoms with E-state index >= 15 is 0 Å². The monoisotopic (exact) mass is 279 g/mol. The predicted octanol–water partition coefficient (Wildman–Crippen LogP) is 1.13. The molecule has 1 aliphatic heterocycles. The van der Waals surface area contributed by atoms with Crippen LogP contribution in [0.4, 0.5) is 10.1 Å². The second kappa shape index (κ2) is 4.94. The summed E-state index contributed by atoms with van der Waals surface area (Å²) in [6.07, 6.45) is 1.63. The van der Waals surface area contributed by atoms with Crippen LogP contribution < -0.4 is 10.6 Å². The van der Waals surface area contributed by atoms with Gasteiger partial charge in [0.25, 0.3) is 0 Å². The zero-order valence-corrected chi connectivity index (χ0v) is 11.0. The number of nitrogens with two attached hydrogens (primary N) is 1. The quantitative estimate of drug-likeness (QED) is 0.328. The lowest BCUT2D eigenvalue weighted by molar-refractivity contribution is 0.133. The Hall–Kier alpha value is -1.82. The predicted molar refractivity (Wildman–Crippen MR) is 73.3 cm³/mol. The minimum Gasteiger partial charge on any atom is -0.409 e. The highest BCUT2D eigenvalue weighted by Gasteiger charge is 2.42. The third-order valence-electron chi connectivity index (χ3n) is 4.50. The number of aliphatic hydroxyl groups is 1. The van der Waals surface area contributed by atoms with Crippen molar-refractivity contribution in [3.63, 3.8) is 0 Å². The van der Waals surface area contributed by atoms with Crippen LogP contribution in [0.5, 0.6) is 0 Å². The number of nitrogens with zero attached hydrogens (tertiary/aromatic N) is 2. The van der Waals surface area contributed by atoms with Crippen molar-refractivity contribution in [3.8, 4) is 0 Å². The van der Waals surface area contributed by atoms with Crippen LogP contribution in [0.15, 0.2) is 23.4 Å². The molecule has 0 spiro atoms. The summed E-state index contributed by atoms with van der Waals surface area (Å²) in [7, 11) is 0. The summed E-state index contributed by atoms with van der Waals surface area (Å²) in [5.74, 6) is 0.210. The van der Waals surface area contributed by atoms with Gasteiger partial charge in [-0.3, -0.25) is 0 Å². The van der Waals surface area contributed by atoms with Gasteiger partial charge in [0.15, 0.2) is 5.84 Å². The molecule has 20 heavy (non-hydrogen) atoms. The first kappa shape index (κ1) is 13.2. The molecule has 108 valence electrons. The van der Waals surface area contributed by atoms with Crippen LogP contribution >= 0.6 is 0 Å².